The molecule has 0 spiro atoms. The summed E-state index contributed by atoms with van der Waals surface area (Å²) in [7, 11) is 0. The van der Waals surface area contributed by atoms with Gasteiger partial charge in [0, 0.05) is 17.2 Å². The summed E-state index contributed by atoms with van der Waals surface area (Å²) in [6, 6.07) is 14.3. The number of nitriles is 1. The van der Waals surface area contributed by atoms with Crippen LogP contribution in [0.3, 0.4) is 0 Å². The van der Waals surface area contributed by atoms with Gasteiger partial charge in [-0.25, -0.2) is 4.39 Å². The number of rotatable bonds is 4. The fourth-order valence-electron chi connectivity index (χ4n) is 1.68. The van der Waals surface area contributed by atoms with Crippen LogP contribution in [0.15, 0.2) is 47.4 Å². The molecule has 0 aliphatic rings. The molecule has 0 saturated carbocycles. The third-order valence-electron chi connectivity index (χ3n) is 2.70. The van der Waals surface area contributed by atoms with E-state index in [1.165, 1.54) is 23.9 Å². The molecular formula is C15H13FN2S. The second-order valence-corrected chi connectivity index (χ2v) is 5.11. The van der Waals surface area contributed by atoms with Gasteiger partial charge in [-0.3, -0.25) is 0 Å². The molecule has 0 aliphatic heterocycles. The van der Waals surface area contributed by atoms with E-state index in [1.807, 2.05) is 30.3 Å². The Bertz CT molecular complexity index is 620. The molecule has 2 aromatic carbocycles. The van der Waals surface area contributed by atoms with Gasteiger partial charge in [0.05, 0.1) is 11.6 Å². The van der Waals surface area contributed by atoms with Crippen molar-refractivity contribution in [3.63, 3.8) is 0 Å². The number of hydrogen-bond donors (Lipinski definition) is 1. The molecule has 0 radical (unpaired) electrons. The van der Waals surface area contributed by atoms with E-state index < -0.39 is 0 Å². The van der Waals surface area contributed by atoms with E-state index in [0.717, 1.165) is 10.5 Å². The molecule has 2 rings (SSSR count). The Labute approximate surface area is 116 Å². The average molecular weight is 272 g/mol. The monoisotopic (exact) mass is 272 g/mol. The molecule has 0 fully saturated rings. The Morgan fingerprint density at radius 3 is 2.79 bits per heavy atom. The number of nitrogens with zero attached hydrogens (tertiary/aromatic N) is 1. The summed E-state index contributed by atoms with van der Waals surface area (Å²) < 4.78 is 13.6. The predicted octanol–water partition coefficient (Wildman–Crippen LogP) is 3.45. The van der Waals surface area contributed by atoms with Crippen molar-refractivity contribution in [2.75, 3.05) is 0 Å². The first-order valence-corrected chi connectivity index (χ1v) is 6.82. The van der Waals surface area contributed by atoms with Crippen molar-refractivity contribution < 1.29 is 4.39 Å². The van der Waals surface area contributed by atoms with Gasteiger partial charge >= 0.3 is 0 Å². The number of nitrogens with two attached hydrogens (primary N) is 1. The first-order valence-electron chi connectivity index (χ1n) is 5.83. The molecule has 0 aliphatic carbocycles. The lowest BCUT2D eigenvalue weighted by Crippen LogP contribution is -1.95. The Morgan fingerprint density at radius 1 is 1.21 bits per heavy atom. The van der Waals surface area contributed by atoms with E-state index >= 15 is 0 Å². The number of thioether (sulfide) groups is 1. The lowest BCUT2D eigenvalue weighted by Gasteiger charge is -2.05. The summed E-state index contributed by atoms with van der Waals surface area (Å²) in [5.41, 5.74) is 7.66. The Morgan fingerprint density at radius 2 is 2.05 bits per heavy atom. The van der Waals surface area contributed by atoms with Gasteiger partial charge in [-0.2, -0.15) is 5.26 Å². The minimum absolute atomic E-state index is 0.276. The molecule has 2 nitrogen and oxygen atoms in total. The van der Waals surface area contributed by atoms with Gasteiger partial charge in [0.25, 0.3) is 0 Å². The van der Waals surface area contributed by atoms with Crippen molar-refractivity contribution in [1.29, 1.82) is 5.26 Å². The maximum atomic E-state index is 13.6. The largest absolute Gasteiger partial charge is 0.326 e. The zero-order valence-electron chi connectivity index (χ0n) is 10.3. The van der Waals surface area contributed by atoms with Gasteiger partial charge in [-0.1, -0.05) is 12.1 Å². The van der Waals surface area contributed by atoms with Crippen LogP contribution in [-0.2, 0) is 12.3 Å². The van der Waals surface area contributed by atoms with Gasteiger partial charge in [0.1, 0.15) is 5.82 Å². The number of halogens is 1. The van der Waals surface area contributed by atoms with Crippen LogP contribution in [0.1, 0.15) is 16.7 Å². The van der Waals surface area contributed by atoms with Crippen LogP contribution in [0, 0.1) is 17.1 Å². The zero-order valence-corrected chi connectivity index (χ0v) is 11.1. The van der Waals surface area contributed by atoms with Crippen LogP contribution < -0.4 is 5.73 Å². The van der Waals surface area contributed by atoms with E-state index in [-0.39, 0.29) is 5.82 Å². The molecule has 19 heavy (non-hydrogen) atoms. The predicted molar refractivity (Wildman–Crippen MR) is 75.0 cm³/mol. The number of benzene rings is 2. The highest BCUT2D eigenvalue weighted by Gasteiger charge is 2.05. The smallest absolute Gasteiger partial charge is 0.127 e. The topological polar surface area (TPSA) is 49.8 Å². The quantitative estimate of drug-likeness (QED) is 0.867. The van der Waals surface area contributed by atoms with Crippen molar-refractivity contribution in [2.24, 2.45) is 5.73 Å². The highest BCUT2D eigenvalue weighted by molar-refractivity contribution is 7.98. The number of hydrogen-bond acceptors (Lipinski definition) is 3. The fourth-order valence-corrected chi connectivity index (χ4v) is 2.63. The van der Waals surface area contributed by atoms with Crippen LogP contribution in [0.5, 0.6) is 0 Å². The summed E-state index contributed by atoms with van der Waals surface area (Å²) in [6.07, 6.45) is 0. The van der Waals surface area contributed by atoms with Crippen LogP contribution in [-0.4, -0.2) is 0 Å². The molecular weight excluding hydrogens is 259 g/mol. The highest BCUT2D eigenvalue weighted by atomic mass is 32.2. The SMILES string of the molecule is N#Cc1ccc(F)c(CSc2cccc(CN)c2)c1. The molecule has 0 bridgehead atoms. The van der Waals surface area contributed by atoms with Gasteiger partial charge in [0.15, 0.2) is 0 Å². The molecule has 2 aromatic rings. The van der Waals surface area contributed by atoms with E-state index in [0.29, 0.717) is 23.4 Å². The molecule has 0 heterocycles. The van der Waals surface area contributed by atoms with Crippen molar-refractivity contribution in [1.82, 2.24) is 0 Å². The lowest BCUT2D eigenvalue weighted by molar-refractivity contribution is 0.617. The maximum Gasteiger partial charge on any atom is 0.127 e. The lowest BCUT2D eigenvalue weighted by atomic mass is 10.1. The molecule has 0 amide bonds. The molecule has 0 atom stereocenters. The van der Waals surface area contributed by atoms with Crippen LogP contribution >= 0.6 is 11.8 Å². The van der Waals surface area contributed by atoms with Crippen molar-refractivity contribution in [2.45, 2.75) is 17.2 Å². The summed E-state index contributed by atoms with van der Waals surface area (Å²) >= 11 is 1.53. The second kappa shape index (κ2) is 6.37. The van der Waals surface area contributed by atoms with Crippen LogP contribution in [0.2, 0.25) is 0 Å². The summed E-state index contributed by atoms with van der Waals surface area (Å²) in [5.74, 6) is 0.219. The third kappa shape index (κ3) is 3.57. The molecule has 4 heteroatoms. The van der Waals surface area contributed by atoms with Crippen LogP contribution in [0.4, 0.5) is 4.39 Å². The van der Waals surface area contributed by atoms with E-state index in [4.69, 9.17) is 11.0 Å². The third-order valence-corrected chi connectivity index (χ3v) is 3.75. The second-order valence-electron chi connectivity index (χ2n) is 4.06. The van der Waals surface area contributed by atoms with E-state index in [2.05, 4.69) is 0 Å². The first kappa shape index (κ1) is 13.6. The first-order chi connectivity index (χ1) is 9.22. The van der Waals surface area contributed by atoms with E-state index in [1.54, 1.807) is 6.07 Å². The van der Waals surface area contributed by atoms with Crippen molar-refractivity contribution in [3.05, 3.63) is 65.0 Å². The van der Waals surface area contributed by atoms with Crippen molar-refractivity contribution in [3.8, 4) is 6.07 Å². The zero-order chi connectivity index (χ0) is 13.7. The van der Waals surface area contributed by atoms with Crippen molar-refractivity contribution >= 4 is 11.8 Å². The van der Waals surface area contributed by atoms with Gasteiger partial charge in [0.2, 0.25) is 0 Å². The fraction of sp³-hybridized carbons (Fsp3) is 0.133. The van der Waals surface area contributed by atoms with Gasteiger partial charge < -0.3 is 5.73 Å². The molecule has 0 aromatic heterocycles. The van der Waals surface area contributed by atoms with Gasteiger partial charge in [-0.05, 0) is 41.5 Å². The highest BCUT2D eigenvalue weighted by Crippen LogP contribution is 2.25. The minimum Gasteiger partial charge on any atom is -0.326 e. The molecule has 0 saturated heterocycles. The molecule has 0 unspecified atom stereocenters. The molecule has 2 N–H and O–H groups in total. The normalized spacial score (nSPS) is 10.2. The minimum atomic E-state index is -0.276. The van der Waals surface area contributed by atoms with Gasteiger partial charge in [-0.15, -0.1) is 11.8 Å². The molecule has 96 valence electrons. The van der Waals surface area contributed by atoms with E-state index in [9.17, 15) is 4.39 Å². The Kier molecular flexibility index (Phi) is 4.56. The maximum absolute atomic E-state index is 13.6. The Balaban J connectivity index is 2.12. The Hall–Kier alpha value is -1.83. The summed E-state index contributed by atoms with van der Waals surface area (Å²) in [6.45, 7) is 0.493. The summed E-state index contributed by atoms with van der Waals surface area (Å²) in [4.78, 5) is 1.05. The summed E-state index contributed by atoms with van der Waals surface area (Å²) in [5, 5.41) is 8.81. The standard InChI is InChI=1S/C15H13FN2S/c16-15-5-4-12(9-18)6-13(15)10-19-14-3-1-2-11(7-14)8-17/h1-7H,8,10,17H2. The van der Waals surface area contributed by atoms with Crippen LogP contribution in [0.25, 0.3) is 0 Å². The average Bonchev–Trinajstić information content (AvgIpc) is 2.46.